The van der Waals surface area contributed by atoms with Crippen LogP contribution in [0.15, 0.2) is 72.9 Å². The summed E-state index contributed by atoms with van der Waals surface area (Å²) in [5, 5.41) is 1.83. The van der Waals surface area contributed by atoms with Gasteiger partial charge in [0.15, 0.2) is 0 Å². The minimum absolute atomic E-state index is 0.236. The topological polar surface area (TPSA) is 46.7 Å². The van der Waals surface area contributed by atoms with E-state index in [4.69, 9.17) is 17.3 Å². The number of nitrogens with zero attached hydrogens (tertiary/aromatic N) is 3. The Morgan fingerprint density at radius 2 is 1.62 bits per heavy atom. The normalized spacial score (nSPS) is 12.1. The van der Waals surface area contributed by atoms with Crippen LogP contribution in [-0.2, 0) is 19.6 Å². The summed E-state index contributed by atoms with van der Waals surface area (Å²) in [5.41, 5.74) is 10.9. The second kappa shape index (κ2) is 12.9. The number of nitrogens with two attached hydrogens (primary N) is 1. The van der Waals surface area contributed by atoms with Crippen LogP contribution in [0.1, 0.15) is 17.5 Å². The summed E-state index contributed by atoms with van der Waals surface area (Å²) >= 11 is 6.31. The molecule has 0 radical (unpaired) electrons. The predicted molar refractivity (Wildman–Crippen MR) is 152 cm³/mol. The molecule has 0 aliphatic heterocycles. The number of alkyl halides is 3. The number of likely N-dealkylation sites (N-methyl/N-ethyl adjacent to an activating group) is 2. The van der Waals surface area contributed by atoms with Gasteiger partial charge in [-0.1, -0.05) is 48.0 Å². The van der Waals surface area contributed by atoms with E-state index in [-0.39, 0.29) is 5.75 Å². The number of aromatic nitrogens is 1. The van der Waals surface area contributed by atoms with Crippen LogP contribution in [0, 0.1) is 0 Å². The lowest BCUT2D eigenvalue weighted by Gasteiger charge is -2.22. The minimum atomic E-state index is -4.72. The average molecular weight is 559 g/mol. The number of hydrogen-bond acceptors (Lipinski definition) is 4. The Morgan fingerprint density at radius 1 is 0.923 bits per heavy atom. The van der Waals surface area contributed by atoms with E-state index in [2.05, 4.69) is 57.6 Å². The highest BCUT2D eigenvalue weighted by atomic mass is 35.5. The molecule has 9 heteroatoms. The zero-order valence-electron chi connectivity index (χ0n) is 22.2. The van der Waals surface area contributed by atoms with Crippen LogP contribution in [-0.4, -0.2) is 54.5 Å². The van der Waals surface area contributed by atoms with Gasteiger partial charge in [-0.05, 0) is 74.1 Å². The van der Waals surface area contributed by atoms with Gasteiger partial charge < -0.3 is 24.8 Å². The molecule has 0 unspecified atom stereocenters. The van der Waals surface area contributed by atoms with E-state index in [1.807, 2.05) is 24.3 Å². The molecule has 5 nitrogen and oxygen atoms in total. The van der Waals surface area contributed by atoms with Crippen LogP contribution >= 0.6 is 11.6 Å². The number of fused-ring (bicyclic) bond motifs is 1. The van der Waals surface area contributed by atoms with Crippen molar-refractivity contribution >= 4 is 22.5 Å². The zero-order chi connectivity index (χ0) is 28.0. The third-order valence-electron chi connectivity index (χ3n) is 6.66. The molecule has 0 fully saturated rings. The fraction of sp³-hybridized carbons (Fsp3) is 0.333. The Kier molecular flexibility index (Phi) is 9.56. The molecular formula is C30H34ClF3N4O. The first-order valence-electron chi connectivity index (χ1n) is 12.9. The van der Waals surface area contributed by atoms with Crippen LogP contribution in [0.4, 0.5) is 13.2 Å². The van der Waals surface area contributed by atoms with Gasteiger partial charge >= 0.3 is 6.36 Å². The van der Waals surface area contributed by atoms with Crippen molar-refractivity contribution in [2.75, 3.05) is 33.7 Å². The van der Waals surface area contributed by atoms with Crippen molar-refractivity contribution in [3.8, 4) is 16.9 Å². The molecule has 0 atom stereocenters. The Labute approximate surface area is 232 Å². The summed E-state index contributed by atoms with van der Waals surface area (Å²) in [7, 11) is 4.19. The largest absolute Gasteiger partial charge is 0.573 e. The van der Waals surface area contributed by atoms with Gasteiger partial charge in [0, 0.05) is 60.4 Å². The summed E-state index contributed by atoms with van der Waals surface area (Å²) in [6, 6.07) is 20.3. The zero-order valence-corrected chi connectivity index (χ0v) is 23.0. The van der Waals surface area contributed by atoms with E-state index in [9.17, 15) is 13.2 Å². The average Bonchev–Trinajstić information content (AvgIpc) is 3.25. The molecule has 0 spiro atoms. The van der Waals surface area contributed by atoms with E-state index < -0.39 is 6.36 Å². The number of aryl methyl sites for hydroxylation is 1. The maximum Gasteiger partial charge on any atom is 0.573 e. The lowest BCUT2D eigenvalue weighted by atomic mass is 10.0. The van der Waals surface area contributed by atoms with Crippen molar-refractivity contribution in [3.63, 3.8) is 0 Å². The van der Waals surface area contributed by atoms with E-state index in [0.717, 1.165) is 77.3 Å². The van der Waals surface area contributed by atoms with Crippen LogP contribution < -0.4 is 10.5 Å². The SMILES string of the molecule is CN(CCN(C)Cc1ccccc1Cl)Cc1ccc2c(c1)c(-c1ccc(OC(F)(F)F)cc1)cn2CCCN. The Morgan fingerprint density at radius 3 is 2.28 bits per heavy atom. The highest BCUT2D eigenvalue weighted by Crippen LogP contribution is 2.34. The van der Waals surface area contributed by atoms with Crippen molar-refractivity contribution < 1.29 is 17.9 Å². The maximum absolute atomic E-state index is 12.6. The summed E-state index contributed by atoms with van der Waals surface area (Å²) in [6.07, 6.45) is -1.84. The first-order valence-corrected chi connectivity index (χ1v) is 13.3. The molecule has 4 rings (SSSR count). The van der Waals surface area contributed by atoms with E-state index in [1.165, 1.54) is 12.1 Å². The van der Waals surface area contributed by atoms with Gasteiger partial charge in [-0.2, -0.15) is 0 Å². The molecule has 1 heterocycles. The smallest absolute Gasteiger partial charge is 0.406 e. The lowest BCUT2D eigenvalue weighted by Crippen LogP contribution is -2.30. The monoisotopic (exact) mass is 558 g/mol. The predicted octanol–water partition coefficient (Wildman–Crippen LogP) is 6.77. The number of benzene rings is 3. The van der Waals surface area contributed by atoms with Gasteiger partial charge in [-0.25, -0.2) is 0 Å². The van der Waals surface area contributed by atoms with E-state index in [1.54, 1.807) is 12.1 Å². The first-order chi connectivity index (χ1) is 18.6. The number of hydrogen-bond donors (Lipinski definition) is 1. The molecule has 1 aromatic heterocycles. The summed E-state index contributed by atoms with van der Waals surface area (Å²) in [5.74, 6) is -0.236. The van der Waals surface area contributed by atoms with Crippen LogP contribution in [0.2, 0.25) is 5.02 Å². The molecule has 0 bridgehead atoms. The van der Waals surface area contributed by atoms with E-state index in [0.29, 0.717) is 6.54 Å². The summed E-state index contributed by atoms with van der Waals surface area (Å²) in [6.45, 7) is 4.65. The summed E-state index contributed by atoms with van der Waals surface area (Å²) < 4.78 is 44.0. The molecule has 0 saturated carbocycles. The molecule has 2 N–H and O–H groups in total. The minimum Gasteiger partial charge on any atom is -0.406 e. The van der Waals surface area contributed by atoms with Crippen molar-refractivity contribution in [1.29, 1.82) is 0 Å². The van der Waals surface area contributed by atoms with Gasteiger partial charge in [-0.3, -0.25) is 0 Å². The van der Waals surface area contributed by atoms with E-state index >= 15 is 0 Å². The second-order valence-electron chi connectivity index (χ2n) is 9.87. The third kappa shape index (κ3) is 7.99. The van der Waals surface area contributed by atoms with Crippen molar-refractivity contribution in [2.45, 2.75) is 32.4 Å². The highest BCUT2D eigenvalue weighted by Gasteiger charge is 2.31. The van der Waals surface area contributed by atoms with Gasteiger partial charge in [0.2, 0.25) is 0 Å². The lowest BCUT2D eigenvalue weighted by molar-refractivity contribution is -0.274. The van der Waals surface area contributed by atoms with Gasteiger partial charge in [0.1, 0.15) is 5.75 Å². The molecule has 0 aliphatic rings. The summed E-state index contributed by atoms with van der Waals surface area (Å²) in [4.78, 5) is 4.53. The van der Waals surface area contributed by atoms with Crippen LogP contribution in [0.25, 0.3) is 22.0 Å². The molecule has 4 aromatic rings. The molecule has 0 saturated heterocycles. The third-order valence-corrected chi connectivity index (χ3v) is 7.03. The first kappa shape index (κ1) is 29.0. The second-order valence-corrected chi connectivity index (χ2v) is 10.3. The molecule has 0 aliphatic carbocycles. The number of ether oxygens (including phenoxy) is 1. The van der Waals surface area contributed by atoms with Crippen LogP contribution in [0.3, 0.4) is 0 Å². The van der Waals surface area contributed by atoms with Crippen molar-refractivity contribution in [1.82, 2.24) is 14.4 Å². The Balaban J connectivity index is 1.49. The molecule has 3 aromatic carbocycles. The molecule has 0 amide bonds. The fourth-order valence-corrected chi connectivity index (χ4v) is 4.88. The molecule has 39 heavy (non-hydrogen) atoms. The Bertz CT molecular complexity index is 1370. The van der Waals surface area contributed by atoms with Gasteiger partial charge in [0.25, 0.3) is 0 Å². The highest BCUT2D eigenvalue weighted by molar-refractivity contribution is 6.31. The number of rotatable bonds is 12. The molecule has 208 valence electrons. The molecular weight excluding hydrogens is 525 g/mol. The quantitative estimate of drug-likeness (QED) is 0.208. The standard InChI is InChI=1S/C30H34ClF3N4O/c1-36(16-17-37(2)20-24-6-3-4-7-28(24)31)19-22-8-13-29-26(18-22)27(21-38(29)15-5-14-35)23-9-11-25(12-10-23)39-30(32,33)34/h3-4,6-13,18,21H,5,14-17,19-20,35H2,1-2H3. The van der Waals surface area contributed by atoms with Crippen molar-refractivity contribution in [3.05, 3.63) is 89.1 Å². The Hall–Kier alpha value is -3.04. The van der Waals surface area contributed by atoms with Gasteiger partial charge in [-0.15, -0.1) is 13.2 Å². The van der Waals surface area contributed by atoms with Crippen LogP contribution in [0.5, 0.6) is 5.75 Å². The van der Waals surface area contributed by atoms with Gasteiger partial charge in [0.05, 0.1) is 0 Å². The van der Waals surface area contributed by atoms with Crippen molar-refractivity contribution in [2.24, 2.45) is 5.73 Å². The number of halogens is 4. The fourth-order valence-electron chi connectivity index (χ4n) is 4.68. The maximum atomic E-state index is 12.6.